The number of rotatable bonds is 1. The van der Waals surface area contributed by atoms with Crippen LogP contribution in [0.5, 0.6) is 0 Å². The van der Waals surface area contributed by atoms with Gasteiger partial charge in [0.1, 0.15) is 0 Å². The topological polar surface area (TPSA) is 16.1 Å². The number of likely N-dealkylation sites (tertiary alicyclic amines) is 1. The molecule has 1 aliphatic heterocycles. The Balaban J connectivity index is 1.70. The normalized spacial score (nSPS) is 28.6. The van der Waals surface area contributed by atoms with Crippen LogP contribution in [0.15, 0.2) is 24.5 Å². The van der Waals surface area contributed by atoms with E-state index in [-0.39, 0.29) is 0 Å². The summed E-state index contributed by atoms with van der Waals surface area (Å²) >= 11 is 0. The molecular formula is C15H22N2. The minimum absolute atomic E-state index is 0.667. The molecule has 0 radical (unpaired) electrons. The molecule has 2 aliphatic rings. The first-order valence-corrected chi connectivity index (χ1v) is 6.86. The van der Waals surface area contributed by atoms with Gasteiger partial charge in [-0.15, -0.1) is 0 Å². The van der Waals surface area contributed by atoms with Crippen molar-refractivity contribution in [3.63, 3.8) is 0 Å². The monoisotopic (exact) mass is 230 g/mol. The van der Waals surface area contributed by atoms with Gasteiger partial charge in [-0.1, -0.05) is 0 Å². The Labute approximate surface area is 104 Å². The molecule has 17 heavy (non-hydrogen) atoms. The Morgan fingerprint density at radius 2 is 1.88 bits per heavy atom. The fourth-order valence-electron chi connectivity index (χ4n) is 3.67. The van der Waals surface area contributed by atoms with Crippen molar-refractivity contribution in [2.45, 2.75) is 38.0 Å². The van der Waals surface area contributed by atoms with Crippen LogP contribution in [0.4, 0.5) is 0 Å². The van der Waals surface area contributed by atoms with E-state index in [1.54, 1.807) is 0 Å². The van der Waals surface area contributed by atoms with Crippen molar-refractivity contribution < 1.29 is 0 Å². The van der Waals surface area contributed by atoms with Crippen molar-refractivity contribution in [1.82, 2.24) is 9.88 Å². The Hall–Kier alpha value is -0.890. The highest BCUT2D eigenvalue weighted by atomic mass is 15.1. The Morgan fingerprint density at radius 1 is 1.18 bits per heavy atom. The van der Waals surface area contributed by atoms with Crippen molar-refractivity contribution in [1.29, 1.82) is 0 Å². The summed E-state index contributed by atoms with van der Waals surface area (Å²) in [6, 6.07) is 4.41. The third kappa shape index (κ3) is 2.23. The van der Waals surface area contributed by atoms with E-state index >= 15 is 0 Å². The van der Waals surface area contributed by atoms with E-state index in [4.69, 9.17) is 0 Å². The zero-order valence-electron chi connectivity index (χ0n) is 10.7. The third-order valence-corrected chi connectivity index (χ3v) is 4.93. The Kier molecular flexibility index (Phi) is 2.91. The highest BCUT2D eigenvalue weighted by Crippen LogP contribution is 2.51. The zero-order chi connectivity index (χ0) is 11.7. The maximum Gasteiger partial charge on any atom is 0.0270 e. The molecule has 1 unspecified atom stereocenters. The smallest absolute Gasteiger partial charge is 0.0270 e. The molecule has 2 nitrogen and oxygen atoms in total. The molecule has 1 spiro atoms. The molecule has 0 N–H and O–H groups in total. The molecular weight excluding hydrogens is 208 g/mol. The molecule has 0 aromatic carbocycles. The van der Waals surface area contributed by atoms with E-state index in [0.29, 0.717) is 5.41 Å². The first-order chi connectivity index (χ1) is 8.27. The van der Waals surface area contributed by atoms with E-state index < -0.39 is 0 Å². The lowest BCUT2D eigenvalue weighted by Gasteiger charge is -2.38. The average molecular weight is 230 g/mol. The summed E-state index contributed by atoms with van der Waals surface area (Å²) in [6.45, 7) is 2.59. The summed E-state index contributed by atoms with van der Waals surface area (Å²) in [5.74, 6) is 0.793. The van der Waals surface area contributed by atoms with Gasteiger partial charge in [0.2, 0.25) is 0 Å². The molecule has 0 bridgehead atoms. The number of aromatic nitrogens is 1. The Bertz CT molecular complexity index is 366. The molecule has 1 aliphatic carbocycles. The van der Waals surface area contributed by atoms with Crippen LogP contribution in [-0.4, -0.2) is 30.0 Å². The predicted octanol–water partition coefficient (Wildman–Crippen LogP) is 3.06. The second-order valence-electron chi connectivity index (χ2n) is 6.02. The van der Waals surface area contributed by atoms with Gasteiger partial charge < -0.3 is 4.90 Å². The van der Waals surface area contributed by atoms with Gasteiger partial charge in [0.25, 0.3) is 0 Å². The highest BCUT2D eigenvalue weighted by molar-refractivity contribution is 5.18. The maximum absolute atomic E-state index is 4.12. The van der Waals surface area contributed by atoms with Crippen molar-refractivity contribution in [3.8, 4) is 0 Å². The maximum atomic E-state index is 4.12. The number of piperidine rings is 1. The van der Waals surface area contributed by atoms with Crippen LogP contribution in [0.3, 0.4) is 0 Å². The van der Waals surface area contributed by atoms with Crippen LogP contribution < -0.4 is 0 Å². The molecule has 2 fully saturated rings. The van der Waals surface area contributed by atoms with Gasteiger partial charge in [0.05, 0.1) is 0 Å². The van der Waals surface area contributed by atoms with Gasteiger partial charge in [0.15, 0.2) is 0 Å². The van der Waals surface area contributed by atoms with E-state index in [9.17, 15) is 0 Å². The van der Waals surface area contributed by atoms with E-state index in [2.05, 4.69) is 29.1 Å². The minimum atomic E-state index is 0.667. The number of hydrogen-bond donors (Lipinski definition) is 0. The number of nitrogens with zero attached hydrogens (tertiary/aromatic N) is 2. The summed E-state index contributed by atoms with van der Waals surface area (Å²) < 4.78 is 0. The van der Waals surface area contributed by atoms with E-state index in [1.807, 2.05) is 12.4 Å². The van der Waals surface area contributed by atoms with Gasteiger partial charge in [0, 0.05) is 12.4 Å². The van der Waals surface area contributed by atoms with Gasteiger partial charge >= 0.3 is 0 Å². The van der Waals surface area contributed by atoms with E-state index in [0.717, 1.165) is 5.92 Å². The molecule has 3 rings (SSSR count). The van der Waals surface area contributed by atoms with Crippen LogP contribution >= 0.6 is 0 Å². The lowest BCUT2D eigenvalue weighted by atomic mass is 9.76. The molecule has 1 atom stereocenters. The lowest BCUT2D eigenvalue weighted by molar-refractivity contribution is 0.126. The first kappa shape index (κ1) is 11.2. The van der Waals surface area contributed by atoms with Gasteiger partial charge in [-0.05, 0) is 81.3 Å². The van der Waals surface area contributed by atoms with Crippen molar-refractivity contribution >= 4 is 0 Å². The zero-order valence-corrected chi connectivity index (χ0v) is 10.7. The van der Waals surface area contributed by atoms with Gasteiger partial charge in [-0.3, -0.25) is 4.98 Å². The third-order valence-electron chi connectivity index (χ3n) is 4.93. The largest absolute Gasteiger partial charge is 0.306 e. The van der Waals surface area contributed by atoms with Crippen LogP contribution in [0, 0.1) is 5.41 Å². The number of pyridine rings is 1. The summed E-state index contributed by atoms with van der Waals surface area (Å²) in [5.41, 5.74) is 2.18. The molecule has 2 heteroatoms. The summed E-state index contributed by atoms with van der Waals surface area (Å²) in [7, 11) is 2.25. The van der Waals surface area contributed by atoms with Crippen molar-refractivity contribution in [2.75, 3.05) is 20.1 Å². The molecule has 92 valence electrons. The molecule has 1 saturated heterocycles. The fourth-order valence-corrected chi connectivity index (χ4v) is 3.67. The first-order valence-electron chi connectivity index (χ1n) is 6.86. The van der Waals surface area contributed by atoms with Gasteiger partial charge in [-0.2, -0.15) is 0 Å². The van der Waals surface area contributed by atoms with Crippen LogP contribution in [0.25, 0.3) is 0 Å². The Morgan fingerprint density at radius 3 is 2.59 bits per heavy atom. The summed E-state index contributed by atoms with van der Waals surface area (Å²) in [6.07, 6.45) is 10.9. The molecule has 1 aromatic rings. The quantitative estimate of drug-likeness (QED) is 0.737. The standard InChI is InChI=1S/C15H22N2/c1-17-10-6-15(7-11-17)5-2-14(12-15)13-3-8-16-9-4-13/h3-4,8-9,14H,2,5-7,10-12H2,1H3. The van der Waals surface area contributed by atoms with Crippen LogP contribution in [-0.2, 0) is 0 Å². The number of hydrogen-bond acceptors (Lipinski definition) is 2. The highest BCUT2D eigenvalue weighted by Gasteiger charge is 2.40. The SMILES string of the molecule is CN1CCC2(CCC(c3ccncc3)C2)CC1. The average Bonchev–Trinajstić information content (AvgIpc) is 2.79. The lowest BCUT2D eigenvalue weighted by Crippen LogP contribution is -2.36. The second-order valence-corrected chi connectivity index (χ2v) is 6.02. The molecule has 2 heterocycles. The molecule has 0 amide bonds. The van der Waals surface area contributed by atoms with E-state index in [1.165, 1.54) is 50.8 Å². The minimum Gasteiger partial charge on any atom is -0.306 e. The molecule has 1 aromatic heterocycles. The summed E-state index contributed by atoms with van der Waals surface area (Å²) in [5, 5.41) is 0. The molecule has 1 saturated carbocycles. The fraction of sp³-hybridized carbons (Fsp3) is 0.667. The van der Waals surface area contributed by atoms with Gasteiger partial charge in [-0.25, -0.2) is 0 Å². The predicted molar refractivity (Wildman–Crippen MR) is 70.0 cm³/mol. The second kappa shape index (κ2) is 4.41. The van der Waals surface area contributed by atoms with Crippen molar-refractivity contribution in [2.24, 2.45) is 5.41 Å². The van der Waals surface area contributed by atoms with Crippen molar-refractivity contribution in [3.05, 3.63) is 30.1 Å². The van der Waals surface area contributed by atoms with Crippen LogP contribution in [0.2, 0.25) is 0 Å². The van der Waals surface area contributed by atoms with Crippen LogP contribution in [0.1, 0.15) is 43.6 Å². The summed E-state index contributed by atoms with van der Waals surface area (Å²) in [4.78, 5) is 6.60.